The highest BCUT2D eigenvalue weighted by Crippen LogP contribution is 2.36. The van der Waals surface area contributed by atoms with E-state index < -0.39 is 0 Å². The molecule has 0 N–H and O–H groups in total. The molecule has 1 aromatic rings. The van der Waals surface area contributed by atoms with Crippen LogP contribution in [0.3, 0.4) is 0 Å². The predicted octanol–water partition coefficient (Wildman–Crippen LogP) is 3.15. The Morgan fingerprint density at radius 1 is 1.09 bits per heavy atom. The van der Waals surface area contributed by atoms with Crippen LogP contribution in [0, 0.1) is 0 Å². The molecular weight excluding hydrogens is 287 g/mol. The number of aromatic nitrogens is 1. The fourth-order valence-electron chi connectivity index (χ4n) is 3.57. The summed E-state index contributed by atoms with van der Waals surface area (Å²) in [7, 11) is -0.322. The van der Waals surface area contributed by atoms with Gasteiger partial charge in [0.15, 0.2) is 0 Å². The molecule has 2 saturated heterocycles. The molecule has 0 aliphatic carbocycles. The summed E-state index contributed by atoms with van der Waals surface area (Å²) in [4.78, 5) is 7.07. The topological polar surface area (TPSA) is 34.6 Å². The van der Waals surface area contributed by atoms with Crippen molar-refractivity contribution < 1.29 is 9.31 Å². The molecule has 2 atom stereocenters. The van der Waals surface area contributed by atoms with E-state index in [9.17, 15) is 0 Å². The Labute approximate surface area is 140 Å². The third-order valence-corrected chi connectivity index (χ3v) is 5.75. The number of hydrogen-bond acceptors (Lipinski definition) is 4. The van der Waals surface area contributed by atoms with Gasteiger partial charge < -0.3 is 14.2 Å². The van der Waals surface area contributed by atoms with Crippen molar-refractivity contribution >= 4 is 18.4 Å². The second-order valence-electron chi connectivity index (χ2n) is 8.07. The minimum absolute atomic E-state index is 0.313. The average Bonchev–Trinajstić information content (AvgIpc) is 2.68. The molecule has 2 unspecified atom stereocenters. The molecule has 4 nitrogen and oxygen atoms in total. The number of rotatable bonds is 2. The van der Waals surface area contributed by atoms with E-state index in [2.05, 4.69) is 57.5 Å². The molecule has 0 amide bonds. The van der Waals surface area contributed by atoms with E-state index >= 15 is 0 Å². The van der Waals surface area contributed by atoms with E-state index in [0.29, 0.717) is 12.1 Å². The van der Waals surface area contributed by atoms with Gasteiger partial charge in [0.2, 0.25) is 0 Å². The van der Waals surface area contributed by atoms with Crippen LogP contribution in [0.1, 0.15) is 60.8 Å². The summed E-state index contributed by atoms with van der Waals surface area (Å²) in [5.74, 6) is 1.04. The molecule has 0 radical (unpaired) electrons. The lowest BCUT2D eigenvalue weighted by Gasteiger charge is -2.40. The van der Waals surface area contributed by atoms with Crippen molar-refractivity contribution in [3.05, 3.63) is 18.3 Å². The Kier molecular flexibility index (Phi) is 4.22. The standard InChI is InChI=1S/C18H29BN2O2/c1-13-8-7-9-14(2)21(13)16-12-15(10-11-20-16)19-22-17(3,4)18(5,6)23-19/h10-14H,7-9H2,1-6H3. The summed E-state index contributed by atoms with van der Waals surface area (Å²) < 4.78 is 12.4. The molecule has 1 aromatic heterocycles. The second kappa shape index (κ2) is 5.78. The molecule has 23 heavy (non-hydrogen) atoms. The van der Waals surface area contributed by atoms with Crippen molar-refractivity contribution in [2.75, 3.05) is 4.90 Å². The highest BCUT2D eigenvalue weighted by molar-refractivity contribution is 6.62. The first-order valence-electron chi connectivity index (χ1n) is 8.81. The lowest BCUT2D eigenvalue weighted by atomic mass is 9.79. The smallest absolute Gasteiger partial charge is 0.399 e. The Balaban J connectivity index is 1.86. The van der Waals surface area contributed by atoms with Crippen molar-refractivity contribution in [1.82, 2.24) is 4.98 Å². The van der Waals surface area contributed by atoms with Crippen molar-refractivity contribution in [3.8, 4) is 0 Å². The van der Waals surface area contributed by atoms with Gasteiger partial charge in [0.05, 0.1) is 11.2 Å². The molecule has 3 heterocycles. The van der Waals surface area contributed by atoms with Gasteiger partial charge in [-0.3, -0.25) is 0 Å². The molecule has 126 valence electrons. The van der Waals surface area contributed by atoms with Crippen LogP contribution in [0.2, 0.25) is 0 Å². The third-order valence-electron chi connectivity index (χ3n) is 5.75. The van der Waals surface area contributed by atoms with Crippen LogP contribution in [0.4, 0.5) is 5.82 Å². The maximum absolute atomic E-state index is 6.18. The monoisotopic (exact) mass is 316 g/mol. The number of hydrogen-bond donors (Lipinski definition) is 0. The third kappa shape index (κ3) is 3.01. The minimum atomic E-state index is -0.322. The lowest BCUT2D eigenvalue weighted by molar-refractivity contribution is 0.00578. The summed E-state index contributed by atoms with van der Waals surface area (Å²) in [6.07, 6.45) is 5.64. The van der Waals surface area contributed by atoms with E-state index in [1.807, 2.05) is 12.3 Å². The van der Waals surface area contributed by atoms with Crippen molar-refractivity contribution in [1.29, 1.82) is 0 Å². The minimum Gasteiger partial charge on any atom is -0.399 e. The van der Waals surface area contributed by atoms with Crippen LogP contribution in [0.5, 0.6) is 0 Å². The van der Waals surface area contributed by atoms with Gasteiger partial charge >= 0.3 is 7.12 Å². The van der Waals surface area contributed by atoms with Crippen LogP contribution in [-0.4, -0.2) is 35.4 Å². The molecule has 2 fully saturated rings. The van der Waals surface area contributed by atoms with Gasteiger partial charge in [-0.2, -0.15) is 0 Å². The van der Waals surface area contributed by atoms with Crippen molar-refractivity contribution in [2.24, 2.45) is 0 Å². The quantitative estimate of drug-likeness (QED) is 0.785. The molecular formula is C18H29BN2O2. The van der Waals surface area contributed by atoms with E-state index in [0.717, 1.165) is 11.3 Å². The summed E-state index contributed by atoms with van der Waals surface area (Å²) in [6, 6.07) is 5.20. The Bertz CT molecular complexity index is 550. The van der Waals surface area contributed by atoms with Crippen LogP contribution >= 0.6 is 0 Å². The number of nitrogens with zero attached hydrogens (tertiary/aromatic N) is 2. The van der Waals surface area contributed by atoms with Gasteiger partial charge in [-0.1, -0.05) is 0 Å². The van der Waals surface area contributed by atoms with Gasteiger partial charge in [0.25, 0.3) is 0 Å². The van der Waals surface area contributed by atoms with Crippen LogP contribution < -0.4 is 10.4 Å². The molecule has 2 aliphatic rings. The first-order valence-corrected chi connectivity index (χ1v) is 8.81. The van der Waals surface area contributed by atoms with Gasteiger partial charge in [0, 0.05) is 18.3 Å². The maximum Gasteiger partial charge on any atom is 0.495 e. The van der Waals surface area contributed by atoms with Crippen LogP contribution in [0.25, 0.3) is 0 Å². The number of anilines is 1. The van der Waals surface area contributed by atoms with E-state index in [1.165, 1.54) is 19.3 Å². The molecule has 0 aromatic carbocycles. The summed E-state index contributed by atoms with van der Waals surface area (Å²) in [5.41, 5.74) is 0.429. The first kappa shape index (κ1) is 16.8. The SMILES string of the molecule is CC1CCCC(C)N1c1cc(B2OC(C)(C)C(C)(C)O2)ccn1. The lowest BCUT2D eigenvalue weighted by Crippen LogP contribution is -2.45. The number of piperidine rings is 1. The molecule has 2 aliphatic heterocycles. The highest BCUT2D eigenvalue weighted by atomic mass is 16.7. The zero-order valence-corrected chi connectivity index (χ0v) is 15.3. The fourth-order valence-corrected chi connectivity index (χ4v) is 3.57. The zero-order chi connectivity index (χ0) is 16.8. The van der Waals surface area contributed by atoms with Crippen molar-refractivity contribution in [3.63, 3.8) is 0 Å². The van der Waals surface area contributed by atoms with Crippen LogP contribution in [0.15, 0.2) is 18.3 Å². The molecule has 0 saturated carbocycles. The Morgan fingerprint density at radius 3 is 2.22 bits per heavy atom. The summed E-state index contributed by atoms with van der Waals surface area (Å²) >= 11 is 0. The largest absolute Gasteiger partial charge is 0.495 e. The van der Waals surface area contributed by atoms with Gasteiger partial charge in [-0.15, -0.1) is 0 Å². The first-order chi connectivity index (χ1) is 10.7. The molecule has 5 heteroatoms. The van der Waals surface area contributed by atoms with Crippen molar-refractivity contribution in [2.45, 2.75) is 84.1 Å². The predicted molar refractivity (Wildman–Crippen MR) is 95.2 cm³/mol. The average molecular weight is 316 g/mol. The fraction of sp³-hybridized carbons (Fsp3) is 0.722. The maximum atomic E-state index is 6.18. The molecule has 0 bridgehead atoms. The zero-order valence-electron chi connectivity index (χ0n) is 15.3. The second-order valence-corrected chi connectivity index (χ2v) is 8.07. The van der Waals surface area contributed by atoms with Gasteiger partial charge in [0.1, 0.15) is 5.82 Å². The Morgan fingerprint density at radius 2 is 1.65 bits per heavy atom. The van der Waals surface area contributed by atoms with Crippen LogP contribution in [-0.2, 0) is 9.31 Å². The van der Waals surface area contributed by atoms with Gasteiger partial charge in [-0.05, 0) is 78.4 Å². The summed E-state index contributed by atoms with van der Waals surface area (Å²) in [5, 5.41) is 0. The normalized spacial score (nSPS) is 29.8. The Hall–Kier alpha value is -1.07. The molecule has 3 rings (SSSR count). The highest BCUT2D eigenvalue weighted by Gasteiger charge is 2.51. The van der Waals surface area contributed by atoms with Gasteiger partial charge in [-0.25, -0.2) is 4.98 Å². The number of pyridine rings is 1. The van der Waals surface area contributed by atoms with E-state index in [1.54, 1.807) is 0 Å². The van der Waals surface area contributed by atoms with E-state index in [4.69, 9.17) is 9.31 Å². The van der Waals surface area contributed by atoms with E-state index in [-0.39, 0.29) is 18.3 Å². The summed E-state index contributed by atoms with van der Waals surface area (Å²) in [6.45, 7) is 12.9. The molecule has 0 spiro atoms.